The number of aromatic nitrogens is 1. The summed E-state index contributed by atoms with van der Waals surface area (Å²) >= 11 is 0. The van der Waals surface area contributed by atoms with Crippen molar-refractivity contribution in [3.63, 3.8) is 0 Å². The van der Waals surface area contributed by atoms with E-state index in [-0.39, 0.29) is 11.9 Å². The zero-order chi connectivity index (χ0) is 14.3. The van der Waals surface area contributed by atoms with Gasteiger partial charge in [0, 0.05) is 25.9 Å². The van der Waals surface area contributed by atoms with Gasteiger partial charge in [-0.2, -0.15) is 0 Å². The highest BCUT2D eigenvalue weighted by Gasteiger charge is 2.19. The largest absolute Gasteiger partial charge is 0.409 e. The maximum Gasteiger partial charge on any atom is 0.173 e. The Morgan fingerprint density at radius 1 is 1.63 bits per heavy atom. The van der Waals surface area contributed by atoms with Crippen LogP contribution in [0.25, 0.3) is 0 Å². The maximum absolute atomic E-state index is 8.86. The molecule has 6 nitrogen and oxygen atoms in total. The van der Waals surface area contributed by atoms with Gasteiger partial charge >= 0.3 is 0 Å². The molecule has 0 radical (unpaired) electrons. The van der Waals surface area contributed by atoms with Crippen LogP contribution in [0, 0.1) is 0 Å². The maximum atomic E-state index is 8.86. The smallest absolute Gasteiger partial charge is 0.173 e. The molecular weight excluding hydrogens is 244 g/mol. The van der Waals surface area contributed by atoms with Gasteiger partial charge in [0.25, 0.3) is 0 Å². The molecular formula is C13H22N4O2. The van der Waals surface area contributed by atoms with Crippen LogP contribution in [0.5, 0.6) is 0 Å². The number of nitrogens with two attached hydrogens (primary N) is 1. The zero-order valence-electron chi connectivity index (χ0n) is 11.7. The van der Waals surface area contributed by atoms with Gasteiger partial charge in [0.1, 0.15) is 5.82 Å². The van der Waals surface area contributed by atoms with Gasteiger partial charge in [-0.05, 0) is 25.5 Å². The molecule has 0 saturated heterocycles. The van der Waals surface area contributed by atoms with Gasteiger partial charge in [-0.25, -0.2) is 4.98 Å². The molecule has 1 unspecified atom stereocenters. The highest BCUT2D eigenvalue weighted by atomic mass is 16.5. The normalized spacial score (nSPS) is 13.3. The van der Waals surface area contributed by atoms with E-state index in [1.807, 2.05) is 0 Å². The van der Waals surface area contributed by atoms with Crippen LogP contribution < -0.4 is 10.6 Å². The first-order valence-corrected chi connectivity index (χ1v) is 6.34. The Kier molecular flexibility index (Phi) is 6.08. The standard InChI is InChI=1S/C13H22N4O2/c1-4-10(2)17(8-9-19-3)13-11(12(14)16-18)6-5-7-15-13/h5-7,10,18H,4,8-9H2,1-3H3,(H2,14,16). The Morgan fingerprint density at radius 2 is 2.37 bits per heavy atom. The highest BCUT2D eigenvalue weighted by molar-refractivity contribution is 6.01. The molecule has 1 aromatic rings. The molecule has 0 bridgehead atoms. The fraction of sp³-hybridized carbons (Fsp3) is 0.538. The number of nitrogens with zero attached hydrogens (tertiary/aromatic N) is 3. The fourth-order valence-corrected chi connectivity index (χ4v) is 1.82. The number of methoxy groups -OCH3 is 1. The van der Waals surface area contributed by atoms with Crippen LogP contribution in [0.2, 0.25) is 0 Å². The van der Waals surface area contributed by atoms with E-state index in [9.17, 15) is 0 Å². The minimum atomic E-state index is 0.0637. The lowest BCUT2D eigenvalue weighted by Crippen LogP contribution is -2.37. The zero-order valence-corrected chi connectivity index (χ0v) is 11.7. The van der Waals surface area contributed by atoms with Crippen molar-refractivity contribution in [2.24, 2.45) is 10.9 Å². The van der Waals surface area contributed by atoms with Crippen molar-refractivity contribution in [3.8, 4) is 0 Å². The quantitative estimate of drug-likeness (QED) is 0.337. The van der Waals surface area contributed by atoms with Gasteiger partial charge in [-0.1, -0.05) is 12.1 Å². The Labute approximate surface area is 113 Å². The third-order valence-corrected chi connectivity index (χ3v) is 3.10. The summed E-state index contributed by atoms with van der Waals surface area (Å²) in [6.45, 7) is 5.52. The molecule has 0 saturated carbocycles. The monoisotopic (exact) mass is 266 g/mol. The molecule has 19 heavy (non-hydrogen) atoms. The Hall–Kier alpha value is -1.82. The van der Waals surface area contributed by atoms with Gasteiger partial charge in [0.05, 0.1) is 12.2 Å². The fourth-order valence-electron chi connectivity index (χ4n) is 1.82. The third kappa shape index (κ3) is 3.82. The van der Waals surface area contributed by atoms with E-state index in [1.165, 1.54) is 0 Å². The molecule has 1 heterocycles. The summed E-state index contributed by atoms with van der Waals surface area (Å²) in [6.07, 6.45) is 2.67. The van der Waals surface area contributed by atoms with Crippen molar-refractivity contribution in [1.82, 2.24) is 4.98 Å². The first-order chi connectivity index (χ1) is 9.15. The second kappa shape index (κ2) is 7.58. The number of hydrogen-bond donors (Lipinski definition) is 2. The van der Waals surface area contributed by atoms with Gasteiger partial charge in [-0.15, -0.1) is 0 Å². The molecule has 0 aliphatic heterocycles. The lowest BCUT2D eigenvalue weighted by molar-refractivity contribution is 0.203. The average Bonchev–Trinajstić information content (AvgIpc) is 2.46. The summed E-state index contributed by atoms with van der Waals surface area (Å²) < 4.78 is 5.13. The summed E-state index contributed by atoms with van der Waals surface area (Å²) in [7, 11) is 1.66. The summed E-state index contributed by atoms with van der Waals surface area (Å²) in [5.74, 6) is 0.776. The van der Waals surface area contributed by atoms with E-state index in [2.05, 4.69) is 28.9 Å². The van der Waals surface area contributed by atoms with E-state index >= 15 is 0 Å². The SMILES string of the molecule is CCC(C)N(CCOC)c1ncccc1C(N)=NO. The van der Waals surface area contributed by atoms with Crippen LogP contribution in [0.15, 0.2) is 23.5 Å². The molecule has 1 atom stereocenters. The van der Waals surface area contributed by atoms with Crippen LogP contribution in [0.1, 0.15) is 25.8 Å². The first-order valence-electron chi connectivity index (χ1n) is 6.34. The molecule has 1 aromatic heterocycles. The van der Waals surface area contributed by atoms with Crippen molar-refractivity contribution in [2.45, 2.75) is 26.3 Å². The minimum Gasteiger partial charge on any atom is -0.409 e. The number of ether oxygens (including phenoxy) is 1. The van der Waals surface area contributed by atoms with Crippen molar-refractivity contribution >= 4 is 11.7 Å². The highest BCUT2D eigenvalue weighted by Crippen LogP contribution is 2.20. The number of pyridine rings is 1. The van der Waals surface area contributed by atoms with E-state index in [0.29, 0.717) is 24.5 Å². The second-order valence-electron chi connectivity index (χ2n) is 4.30. The van der Waals surface area contributed by atoms with Crippen LogP contribution >= 0.6 is 0 Å². The van der Waals surface area contributed by atoms with Crippen molar-refractivity contribution in [1.29, 1.82) is 0 Å². The van der Waals surface area contributed by atoms with Crippen LogP contribution in [-0.2, 0) is 4.74 Å². The number of amidine groups is 1. The van der Waals surface area contributed by atoms with E-state index in [4.69, 9.17) is 15.7 Å². The van der Waals surface area contributed by atoms with Crippen LogP contribution in [0.3, 0.4) is 0 Å². The molecule has 0 aliphatic rings. The molecule has 0 spiro atoms. The summed E-state index contributed by atoms with van der Waals surface area (Å²) in [5, 5.41) is 11.9. The Bertz CT molecular complexity index is 423. The van der Waals surface area contributed by atoms with Crippen LogP contribution in [-0.4, -0.2) is 42.3 Å². The molecule has 6 heteroatoms. The van der Waals surface area contributed by atoms with Crippen molar-refractivity contribution in [2.75, 3.05) is 25.2 Å². The molecule has 3 N–H and O–H groups in total. The predicted molar refractivity (Wildman–Crippen MR) is 75.7 cm³/mol. The molecule has 106 valence electrons. The number of oxime groups is 1. The predicted octanol–water partition coefficient (Wildman–Crippen LogP) is 1.43. The van der Waals surface area contributed by atoms with Gasteiger partial charge < -0.3 is 20.6 Å². The molecule has 1 rings (SSSR count). The van der Waals surface area contributed by atoms with E-state index in [0.717, 1.165) is 6.42 Å². The third-order valence-electron chi connectivity index (χ3n) is 3.10. The molecule has 0 amide bonds. The van der Waals surface area contributed by atoms with Crippen LogP contribution in [0.4, 0.5) is 5.82 Å². The van der Waals surface area contributed by atoms with E-state index < -0.39 is 0 Å². The summed E-state index contributed by atoms with van der Waals surface area (Å²) in [4.78, 5) is 6.48. The van der Waals surface area contributed by atoms with E-state index in [1.54, 1.807) is 25.4 Å². The Balaban J connectivity index is 3.14. The minimum absolute atomic E-state index is 0.0637. The molecule has 0 aliphatic carbocycles. The topological polar surface area (TPSA) is 84.0 Å². The summed E-state index contributed by atoms with van der Waals surface area (Å²) in [5.41, 5.74) is 6.33. The average molecular weight is 266 g/mol. The number of hydrogen-bond acceptors (Lipinski definition) is 5. The second-order valence-corrected chi connectivity index (χ2v) is 4.30. The van der Waals surface area contributed by atoms with Gasteiger partial charge in [0.15, 0.2) is 5.84 Å². The van der Waals surface area contributed by atoms with Gasteiger partial charge in [0.2, 0.25) is 0 Å². The number of anilines is 1. The van der Waals surface area contributed by atoms with Gasteiger partial charge in [-0.3, -0.25) is 0 Å². The van der Waals surface area contributed by atoms with Crippen molar-refractivity contribution in [3.05, 3.63) is 23.9 Å². The Morgan fingerprint density at radius 3 is 2.95 bits per heavy atom. The molecule has 0 fully saturated rings. The number of rotatable bonds is 7. The van der Waals surface area contributed by atoms with Crippen molar-refractivity contribution < 1.29 is 9.94 Å². The molecule has 0 aromatic carbocycles. The first kappa shape index (κ1) is 15.2. The summed E-state index contributed by atoms with van der Waals surface area (Å²) in [6, 6.07) is 3.84. The lowest BCUT2D eigenvalue weighted by atomic mass is 10.1. The lowest BCUT2D eigenvalue weighted by Gasteiger charge is -2.30.